The van der Waals surface area contributed by atoms with Crippen molar-refractivity contribution in [3.63, 3.8) is 0 Å². The molecule has 0 radical (unpaired) electrons. The van der Waals surface area contributed by atoms with Crippen LogP contribution in [-0.2, 0) is 11.5 Å². The smallest absolute Gasteiger partial charge is 0.140 e. The molecule has 1 heterocycles. The fourth-order valence-electron chi connectivity index (χ4n) is 1.88. The Morgan fingerprint density at radius 1 is 1.32 bits per heavy atom. The summed E-state index contributed by atoms with van der Waals surface area (Å²) in [7, 11) is -1.01. The normalized spacial score (nSPS) is 12.3. The van der Waals surface area contributed by atoms with E-state index in [4.69, 9.17) is 4.74 Å². The van der Waals surface area contributed by atoms with Gasteiger partial charge < -0.3 is 4.74 Å². The van der Waals surface area contributed by atoms with E-state index < -0.39 is 8.07 Å². The van der Waals surface area contributed by atoms with Gasteiger partial charge in [-0.3, -0.25) is 0 Å². The van der Waals surface area contributed by atoms with Gasteiger partial charge in [0.1, 0.15) is 10.4 Å². The van der Waals surface area contributed by atoms with Crippen LogP contribution < -0.4 is 0 Å². The van der Waals surface area contributed by atoms with Crippen molar-refractivity contribution in [1.29, 1.82) is 0 Å². The number of aryl methyl sites for hydroxylation is 1. The first-order chi connectivity index (χ1) is 8.87. The summed E-state index contributed by atoms with van der Waals surface area (Å²) < 4.78 is 8.78. The van der Waals surface area contributed by atoms with Crippen LogP contribution in [0.1, 0.15) is 5.56 Å². The van der Waals surface area contributed by atoms with Crippen LogP contribution in [0, 0.1) is 10.6 Å². The van der Waals surface area contributed by atoms with Gasteiger partial charge in [-0.2, -0.15) is 5.10 Å². The molecule has 0 aliphatic rings. The molecule has 0 saturated heterocycles. The summed E-state index contributed by atoms with van der Waals surface area (Å²) in [5, 5.41) is 5.77. The second kappa shape index (κ2) is 5.93. The zero-order valence-electron chi connectivity index (χ0n) is 12.0. The van der Waals surface area contributed by atoms with Crippen molar-refractivity contribution >= 4 is 41.6 Å². The second-order valence-corrected chi connectivity index (χ2v) is 12.8. The number of fused-ring (bicyclic) bond motifs is 1. The van der Waals surface area contributed by atoms with Crippen molar-refractivity contribution in [1.82, 2.24) is 9.78 Å². The lowest BCUT2D eigenvalue weighted by molar-refractivity contribution is 0.0814. The maximum atomic E-state index is 5.78. The van der Waals surface area contributed by atoms with Crippen LogP contribution in [0.2, 0.25) is 25.7 Å². The lowest BCUT2D eigenvalue weighted by Gasteiger charge is -2.15. The van der Waals surface area contributed by atoms with E-state index in [0.717, 1.165) is 15.8 Å². The summed E-state index contributed by atoms with van der Waals surface area (Å²) in [6, 6.07) is 7.63. The number of rotatable bonds is 5. The molecule has 2 rings (SSSR count). The summed E-state index contributed by atoms with van der Waals surface area (Å²) in [4.78, 5) is 0. The highest BCUT2D eigenvalue weighted by Gasteiger charge is 2.13. The lowest BCUT2D eigenvalue weighted by atomic mass is 10.2. The molecule has 0 amide bonds. The topological polar surface area (TPSA) is 27.1 Å². The summed E-state index contributed by atoms with van der Waals surface area (Å²) in [5.74, 6) is 0. The molecule has 19 heavy (non-hydrogen) atoms. The zero-order chi connectivity index (χ0) is 14.0. The highest BCUT2D eigenvalue weighted by Crippen LogP contribution is 2.21. The average molecular weight is 388 g/mol. The molecule has 5 heteroatoms. The Kier molecular flexibility index (Phi) is 4.68. The predicted molar refractivity (Wildman–Crippen MR) is 91.3 cm³/mol. The number of benzene rings is 1. The van der Waals surface area contributed by atoms with E-state index in [1.54, 1.807) is 0 Å². The maximum absolute atomic E-state index is 5.78. The zero-order valence-corrected chi connectivity index (χ0v) is 15.2. The lowest BCUT2D eigenvalue weighted by Crippen LogP contribution is -2.22. The van der Waals surface area contributed by atoms with E-state index in [2.05, 4.69) is 72.5 Å². The Morgan fingerprint density at radius 3 is 2.74 bits per heavy atom. The molecule has 0 unspecified atom stereocenters. The first-order valence-corrected chi connectivity index (χ1v) is 11.4. The SMILES string of the molecule is Cc1ccc2c(c1)c(I)nn2COCC[Si](C)(C)C. The molecule has 0 bridgehead atoms. The van der Waals surface area contributed by atoms with E-state index in [1.165, 1.54) is 17.0 Å². The highest BCUT2D eigenvalue weighted by atomic mass is 127. The molecule has 0 N–H and O–H groups in total. The Bertz CT molecular complexity index is 575. The Hall–Kier alpha value is -0.403. The third-order valence-corrected chi connectivity index (χ3v) is 5.57. The number of hydrogen-bond acceptors (Lipinski definition) is 2. The van der Waals surface area contributed by atoms with Crippen molar-refractivity contribution in [2.24, 2.45) is 0 Å². The van der Waals surface area contributed by atoms with Gasteiger partial charge in [0.15, 0.2) is 0 Å². The number of halogens is 1. The van der Waals surface area contributed by atoms with Crippen LogP contribution in [0.5, 0.6) is 0 Å². The average Bonchev–Trinajstić information content (AvgIpc) is 2.60. The van der Waals surface area contributed by atoms with Crippen molar-refractivity contribution in [3.05, 3.63) is 27.5 Å². The maximum Gasteiger partial charge on any atom is 0.140 e. The fourth-order valence-corrected chi connectivity index (χ4v) is 3.33. The van der Waals surface area contributed by atoms with Crippen molar-refractivity contribution in [2.45, 2.75) is 39.3 Å². The van der Waals surface area contributed by atoms with Crippen molar-refractivity contribution in [3.8, 4) is 0 Å². The molecule has 2 aromatic rings. The monoisotopic (exact) mass is 388 g/mol. The second-order valence-electron chi connectivity index (χ2n) is 6.16. The molecule has 0 fully saturated rings. The summed E-state index contributed by atoms with van der Waals surface area (Å²) in [6.45, 7) is 10.6. The number of aromatic nitrogens is 2. The number of hydrogen-bond donors (Lipinski definition) is 0. The molecule has 0 atom stereocenters. The summed E-state index contributed by atoms with van der Waals surface area (Å²) >= 11 is 2.29. The van der Waals surface area contributed by atoms with Crippen LogP contribution in [0.3, 0.4) is 0 Å². The molecule has 1 aromatic carbocycles. The van der Waals surface area contributed by atoms with Gasteiger partial charge in [-0.05, 0) is 47.7 Å². The van der Waals surface area contributed by atoms with E-state index in [-0.39, 0.29) is 0 Å². The third kappa shape index (κ3) is 4.03. The van der Waals surface area contributed by atoms with E-state index in [9.17, 15) is 0 Å². The molecule has 0 saturated carbocycles. The Labute approximate surface area is 129 Å². The molecule has 1 aromatic heterocycles. The van der Waals surface area contributed by atoms with E-state index >= 15 is 0 Å². The molecule has 0 aliphatic carbocycles. The minimum absolute atomic E-state index is 0.549. The molecule has 0 aliphatic heterocycles. The van der Waals surface area contributed by atoms with Crippen LogP contribution in [-0.4, -0.2) is 24.5 Å². The van der Waals surface area contributed by atoms with Gasteiger partial charge in [0.05, 0.1) is 5.52 Å². The van der Waals surface area contributed by atoms with Gasteiger partial charge >= 0.3 is 0 Å². The van der Waals surface area contributed by atoms with Gasteiger partial charge in [-0.1, -0.05) is 31.3 Å². The quantitative estimate of drug-likeness (QED) is 0.435. The van der Waals surface area contributed by atoms with Crippen molar-refractivity contribution in [2.75, 3.05) is 6.61 Å². The molecular weight excluding hydrogens is 367 g/mol. The number of ether oxygens (including phenoxy) is 1. The molecule has 3 nitrogen and oxygen atoms in total. The minimum Gasteiger partial charge on any atom is -0.360 e. The van der Waals surface area contributed by atoms with Crippen LogP contribution in [0.25, 0.3) is 10.9 Å². The van der Waals surface area contributed by atoms with Crippen LogP contribution >= 0.6 is 22.6 Å². The van der Waals surface area contributed by atoms with Gasteiger partial charge in [0.2, 0.25) is 0 Å². The summed E-state index contributed by atoms with van der Waals surface area (Å²) in [5.41, 5.74) is 2.42. The first-order valence-electron chi connectivity index (χ1n) is 6.57. The minimum atomic E-state index is -1.01. The highest BCUT2D eigenvalue weighted by molar-refractivity contribution is 14.1. The van der Waals surface area contributed by atoms with Crippen LogP contribution in [0.4, 0.5) is 0 Å². The standard InChI is InChI=1S/C14H21IN2OSi/c1-11-5-6-13-12(9-11)14(15)16-17(13)10-18-7-8-19(2,3)4/h5-6,9H,7-8,10H2,1-4H3. The third-order valence-electron chi connectivity index (χ3n) is 3.07. The largest absolute Gasteiger partial charge is 0.360 e. The Morgan fingerprint density at radius 2 is 2.05 bits per heavy atom. The Balaban J connectivity index is 2.05. The van der Waals surface area contributed by atoms with Crippen LogP contribution in [0.15, 0.2) is 18.2 Å². The van der Waals surface area contributed by atoms with Gasteiger partial charge in [-0.15, -0.1) is 0 Å². The first kappa shape index (κ1) is 15.0. The number of nitrogens with zero attached hydrogens (tertiary/aromatic N) is 2. The van der Waals surface area contributed by atoms with Gasteiger partial charge in [0.25, 0.3) is 0 Å². The van der Waals surface area contributed by atoms with E-state index in [0.29, 0.717) is 6.73 Å². The summed E-state index contributed by atoms with van der Waals surface area (Å²) in [6.07, 6.45) is 0. The molecular formula is C14H21IN2OSi. The predicted octanol–water partition coefficient (Wildman–Crippen LogP) is 4.26. The van der Waals surface area contributed by atoms with Gasteiger partial charge in [0, 0.05) is 20.1 Å². The van der Waals surface area contributed by atoms with E-state index in [1.807, 2.05) is 4.68 Å². The molecule has 0 spiro atoms. The van der Waals surface area contributed by atoms with Gasteiger partial charge in [-0.25, -0.2) is 4.68 Å². The molecule has 104 valence electrons. The van der Waals surface area contributed by atoms with Crippen molar-refractivity contribution < 1.29 is 4.74 Å². The fraction of sp³-hybridized carbons (Fsp3) is 0.500.